The van der Waals surface area contributed by atoms with Crippen LogP contribution in [0, 0.1) is 0 Å². The number of hydrogen-bond donors (Lipinski definition) is 0. The van der Waals surface area contributed by atoms with Gasteiger partial charge in [0.15, 0.2) is 0 Å². The zero-order chi connectivity index (χ0) is 8.97. The number of aromatic nitrogens is 1. The Morgan fingerprint density at radius 3 is 2.83 bits per heavy atom. The van der Waals surface area contributed by atoms with Crippen LogP contribution in [0.3, 0.4) is 0 Å². The van der Waals surface area contributed by atoms with Crippen LogP contribution in [-0.4, -0.2) is 4.98 Å². The fourth-order valence-corrected chi connectivity index (χ4v) is 1.14. The predicted octanol–water partition coefficient (Wildman–Crippen LogP) is 3.58. The molecule has 1 heterocycles. The third-order valence-electron chi connectivity index (χ3n) is 1.47. The first kappa shape index (κ1) is 9.75. The van der Waals surface area contributed by atoms with Crippen LogP contribution < -0.4 is 0 Å². The van der Waals surface area contributed by atoms with E-state index >= 15 is 0 Å². The summed E-state index contributed by atoms with van der Waals surface area (Å²) in [5.74, 6) is 0. The molecule has 0 unspecified atom stereocenters. The number of pyridine rings is 1. The Labute approximate surface area is 85.6 Å². The van der Waals surface area contributed by atoms with Crippen molar-refractivity contribution in [2.24, 2.45) is 0 Å². The Morgan fingerprint density at radius 1 is 1.58 bits per heavy atom. The smallest absolute Gasteiger partial charge is 0.129 e. The van der Waals surface area contributed by atoms with Crippen molar-refractivity contribution < 1.29 is 0 Å². The minimum absolute atomic E-state index is 0.538. The molecule has 64 valence electrons. The van der Waals surface area contributed by atoms with Crippen LogP contribution in [0.1, 0.15) is 12.0 Å². The van der Waals surface area contributed by atoms with Crippen molar-refractivity contribution in [2.75, 3.05) is 0 Å². The highest BCUT2D eigenvalue weighted by molar-refractivity contribution is 9.11. The Hall–Kier alpha value is -0.340. The van der Waals surface area contributed by atoms with E-state index in [2.05, 4.69) is 27.5 Å². The summed E-state index contributed by atoms with van der Waals surface area (Å²) >= 11 is 8.94. The molecule has 0 amide bonds. The lowest BCUT2D eigenvalue weighted by atomic mass is 10.2. The second-order valence-corrected chi connectivity index (χ2v) is 4.02. The van der Waals surface area contributed by atoms with E-state index in [9.17, 15) is 0 Å². The van der Waals surface area contributed by atoms with E-state index in [-0.39, 0.29) is 0 Å². The third-order valence-corrected chi connectivity index (χ3v) is 2.09. The molecule has 0 aliphatic heterocycles. The van der Waals surface area contributed by atoms with Crippen LogP contribution in [0.2, 0.25) is 5.15 Å². The summed E-state index contributed by atoms with van der Waals surface area (Å²) in [6.07, 6.45) is 3.68. The van der Waals surface area contributed by atoms with Crippen LogP contribution in [0.5, 0.6) is 0 Å². The highest BCUT2D eigenvalue weighted by atomic mass is 79.9. The van der Waals surface area contributed by atoms with Crippen molar-refractivity contribution in [3.05, 3.63) is 40.1 Å². The lowest BCUT2D eigenvalue weighted by Crippen LogP contribution is -1.85. The monoisotopic (exact) mass is 245 g/mol. The van der Waals surface area contributed by atoms with Crippen molar-refractivity contribution in [3.8, 4) is 0 Å². The first-order chi connectivity index (χ1) is 5.68. The summed E-state index contributed by atoms with van der Waals surface area (Å²) < 4.78 is 1.01. The van der Waals surface area contributed by atoms with Crippen molar-refractivity contribution in [2.45, 2.75) is 12.8 Å². The van der Waals surface area contributed by atoms with Gasteiger partial charge >= 0.3 is 0 Å². The third kappa shape index (κ3) is 3.37. The van der Waals surface area contributed by atoms with Crippen molar-refractivity contribution >= 4 is 27.5 Å². The first-order valence-electron chi connectivity index (χ1n) is 3.62. The molecule has 1 aromatic heterocycles. The minimum Gasteiger partial charge on any atom is -0.244 e. The lowest BCUT2D eigenvalue weighted by molar-refractivity contribution is 0.982. The quantitative estimate of drug-likeness (QED) is 0.743. The van der Waals surface area contributed by atoms with E-state index in [0.717, 1.165) is 17.3 Å². The van der Waals surface area contributed by atoms with E-state index in [0.29, 0.717) is 5.15 Å². The molecule has 1 rings (SSSR count). The Bertz CT molecular complexity index is 268. The van der Waals surface area contributed by atoms with Gasteiger partial charge in [-0.25, -0.2) is 4.98 Å². The molecular formula is C9H9BrClN. The number of halogens is 2. The minimum atomic E-state index is 0.538. The summed E-state index contributed by atoms with van der Waals surface area (Å²) in [5, 5.41) is 0.538. The summed E-state index contributed by atoms with van der Waals surface area (Å²) in [5.41, 5.74) is 1.18. The zero-order valence-electron chi connectivity index (χ0n) is 6.56. The maximum atomic E-state index is 5.64. The molecule has 0 aliphatic rings. The molecule has 1 aromatic rings. The van der Waals surface area contributed by atoms with Gasteiger partial charge in [0, 0.05) is 6.20 Å². The van der Waals surface area contributed by atoms with E-state index in [1.54, 1.807) is 12.3 Å². The summed E-state index contributed by atoms with van der Waals surface area (Å²) in [6, 6.07) is 3.78. The fourth-order valence-electron chi connectivity index (χ4n) is 0.834. The van der Waals surface area contributed by atoms with Crippen molar-refractivity contribution in [1.29, 1.82) is 0 Å². The van der Waals surface area contributed by atoms with Crippen molar-refractivity contribution in [3.63, 3.8) is 0 Å². The van der Waals surface area contributed by atoms with Gasteiger partial charge in [-0.2, -0.15) is 0 Å². The molecule has 0 bridgehead atoms. The number of aryl methyl sites for hydroxylation is 1. The Kier molecular flexibility index (Phi) is 3.76. The van der Waals surface area contributed by atoms with Gasteiger partial charge in [-0.05, 0) is 29.0 Å². The highest BCUT2D eigenvalue weighted by Gasteiger charge is 1.94. The molecule has 0 atom stereocenters. The SMILES string of the molecule is C=C(Br)CCc1ccc(Cl)nc1. The van der Waals surface area contributed by atoms with Gasteiger partial charge in [-0.15, -0.1) is 0 Å². The van der Waals surface area contributed by atoms with Gasteiger partial charge < -0.3 is 0 Å². The standard InChI is InChI=1S/C9H9BrClN/c1-7(10)2-3-8-4-5-9(11)12-6-8/h4-6H,1-3H2. The van der Waals surface area contributed by atoms with E-state index < -0.39 is 0 Å². The van der Waals surface area contributed by atoms with E-state index in [1.165, 1.54) is 5.56 Å². The number of nitrogens with zero attached hydrogens (tertiary/aromatic N) is 1. The molecule has 0 saturated heterocycles. The molecule has 0 saturated carbocycles. The Morgan fingerprint density at radius 2 is 2.33 bits per heavy atom. The normalized spacial score (nSPS) is 9.83. The summed E-state index contributed by atoms with van der Waals surface area (Å²) in [6.45, 7) is 3.76. The molecule has 3 heteroatoms. The average molecular weight is 247 g/mol. The predicted molar refractivity (Wildman–Crippen MR) is 55.6 cm³/mol. The van der Waals surface area contributed by atoms with Crippen LogP contribution in [0.15, 0.2) is 29.4 Å². The topological polar surface area (TPSA) is 12.9 Å². The average Bonchev–Trinajstić information content (AvgIpc) is 2.03. The second kappa shape index (κ2) is 4.63. The maximum absolute atomic E-state index is 5.64. The number of hydrogen-bond acceptors (Lipinski definition) is 1. The van der Waals surface area contributed by atoms with Crippen LogP contribution in [0.4, 0.5) is 0 Å². The molecule has 0 radical (unpaired) electrons. The van der Waals surface area contributed by atoms with Gasteiger partial charge in [0.05, 0.1) is 0 Å². The molecule has 1 nitrogen and oxygen atoms in total. The van der Waals surface area contributed by atoms with Gasteiger partial charge in [0.25, 0.3) is 0 Å². The van der Waals surface area contributed by atoms with Gasteiger partial charge in [0.1, 0.15) is 5.15 Å². The zero-order valence-corrected chi connectivity index (χ0v) is 8.90. The molecule has 0 N–H and O–H groups in total. The Balaban J connectivity index is 2.53. The van der Waals surface area contributed by atoms with Crippen LogP contribution >= 0.6 is 27.5 Å². The highest BCUT2D eigenvalue weighted by Crippen LogP contribution is 2.12. The molecule has 0 aromatic carbocycles. The van der Waals surface area contributed by atoms with E-state index in [4.69, 9.17) is 11.6 Å². The van der Waals surface area contributed by atoms with Crippen LogP contribution in [0.25, 0.3) is 0 Å². The summed E-state index contributed by atoms with van der Waals surface area (Å²) in [7, 11) is 0. The first-order valence-corrected chi connectivity index (χ1v) is 4.79. The second-order valence-electron chi connectivity index (χ2n) is 2.51. The lowest BCUT2D eigenvalue weighted by Gasteiger charge is -1.98. The molecule has 0 aliphatic carbocycles. The number of allylic oxidation sites excluding steroid dienone is 1. The molecular weight excluding hydrogens is 237 g/mol. The van der Waals surface area contributed by atoms with E-state index in [1.807, 2.05) is 6.07 Å². The van der Waals surface area contributed by atoms with Gasteiger partial charge in [0.2, 0.25) is 0 Å². The maximum Gasteiger partial charge on any atom is 0.129 e. The summed E-state index contributed by atoms with van der Waals surface area (Å²) in [4.78, 5) is 3.98. The molecule has 0 spiro atoms. The fraction of sp³-hybridized carbons (Fsp3) is 0.222. The molecule has 0 fully saturated rings. The number of rotatable bonds is 3. The van der Waals surface area contributed by atoms with Crippen molar-refractivity contribution in [1.82, 2.24) is 4.98 Å². The van der Waals surface area contributed by atoms with Gasteiger partial charge in [-0.1, -0.05) is 40.2 Å². The van der Waals surface area contributed by atoms with Crippen LogP contribution in [-0.2, 0) is 6.42 Å². The van der Waals surface area contributed by atoms with Gasteiger partial charge in [-0.3, -0.25) is 0 Å². The largest absolute Gasteiger partial charge is 0.244 e. The molecule has 12 heavy (non-hydrogen) atoms.